The van der Waals surface area contributed by atoms with Gasteiger partial charge < -0.3 is 9.84 Å². The molecule has 0 atom stereocenters. The van der Waals surface area contributed by atoms with E-state index in [2.05, 4.69) is 0 Å². The fourth-order valence-corrected chi connectivity index (χ4v) is 3.04. The highest BCUT2D eigenvalue weighted by molar-refractivity contribution is 5.66. The summed E-state index contributed by atoms with van der Waals surface area (Å²) in [5.74, 6) is 0.570. The first-order valence-corrected chi connectivity index (χ1v) is 9.49. The molecule has 1 N–H and O–H groups in total. The van der Waals surface area contributed by atoms with Crippen LogP contribution >= 0.6 is 0 Å². The molecule has 0 bridgehead atoms. The number of para-hydroxylation sites is 1. The smallest absolute Gasteiger partial charge is 0.304 e. The maximum atomic E-state index is 11.1. The Hall–Kier alpha value is -3.71. The number of benzene rings is 3. The molecule has 3 aromatic rings. The van der Waals surface area contributed by atoms with E-state index in [9.17, 15) is 14.9 Å². The van der Waals surface area contributed by atoms with Crippen molar-refractivity contribution in [2.75, 3.05) is 6.54 Å². The molecule has 0 aliphatic heterocycles. The number of rotatable bonds is 10. The van der Waals surface area contributed by atoms with Gasteiger partial charge in [0.1, 0.15) is 11.5 Å². The molecule has 0 radical (unpaired) electrons. The molecule has 154 valence electrons. The summed E-state index contributed by atoms with van der Waals surface area (Å²) in [6.07, 6.45) is 0.00713. The van der Waals surface area contributed by atoms with E-state index in [4.69, 9.17) is 9.84 Å². The summed E-state index contributed by atoms with van der Waals surface area (Å²) in [5, 5.41) is 19.9. The summed E-state index contributed by atoms with van der Waals surface area (Å²) in [7, 11) is 0. The molecule has 0 aliphatic rings. The van der Waals surface area contributed by atoms with E-state index in [1.54, 1.807) is 12.1 Å². The Bertz CT molecular complexity index is 990. The zero-order chi connectivity index (χ0) is 21.3. The number of ether oxygens (including phenoxy) is 1. The molecule has 0 saturated heterocycles. The topological polar surface area (TPSA) is 92.9 Å². The molecule has 3 rings (SSSR count). The highest BCUT2D eigenvalue weighted by Gasteiger charge is 2.12. The third-order valence-electron chi connectivity index (χ3n) is 4.48. The first-order chi connectivity index (χ1) is 14.5. The Balaban J connectivity index is 1.71. The molecule has 0 saturated carbocycles. The van der Waals surface area contributed by atoms with Crippen molar-refractivity contribution in [1.82, 2.24) is 4.90 Å². The first kappa shape index (κ1) is 21.0. The monoisotopic (exact) mass is 406 g/mol. The van der Waals surface area contributed by atoms with Gasteiger partial charge in [-0.25, -0.2) is 0 Å². The van der Waals surface area contributed by atoms with Gasteiger partial charge in [0.25, 0.3) is 5.69 Å². The van der Waals surface area contributed by atoms with Gasteiger partial charge >= 0.3 is 5.97 Å². The zero-order valence-electron chi connectivity index (χ0n) is 16.3. The van der Waals surface area contributed by atoms with Gasteiger partial charge in [-0.05, 0) is 35.4 Å². The molecule has 0 unspecified atom stereocenters. The highest BCUT2D eigenvalue weighted by atomic mass is 16.6. The Morgan fingerprint density at radius 2 is 1.57 bits per heavy atom. The maximum Gasteiger partial charge on any atom is 0.304 e. The minimum Gasteiger partial charge on any atom is -0.481 e. The van der Waals surface area contributed by atoms with E-state index in [1.165, 1.54) is 12.1 Å². The lowest BCUT2D eigenvalue weighted by Gasteiger charge is -2.22. The molecule has 30 heavy (non-hydrogen) atoms. The summed E-state index contributed by atoms with van der Waals surface area (Å²) >= 11 is 0. The Morgan fingerprint density at radius 1 is 0.900 bits per heavy atom. The fraction of sp³-hybridized carbons (Fsp3) is 0.174. The fourth-order valence-electron chi connectivity index (χ4n) is 3.04. The van der Waals surface area contributed by atoms with Crippen molar-refractivity contribution >= 4 is 11.7 Å². The van der Waals surface area contributed by atoms with Gasteiger partial charge in [-0.2, -0.15) is 0 Å². The van der Waals surface area contributed by atoms with Gasteiger partial charge in [-0.15, -0.1) is 0 Å². The lowest BCUT2D eigenvalue weighted by molar-refractivity contribution is -0.384. The van der Waals surface area contributed by atoms with Crippen LogP contribution in [0.15, 0.2) is 78.9 Å². The number of carboxylic acids is 1. The van der Waals surface area contributed by atoms with Crippen molar-refractivity contribution in [2.24, 2.45) is 0 Å². The van der Waals surface area contributed by atoms with Crippen LogP contribution in [0.2, 0.25) is 0 Å². The van der Waals surface area contributed by atoms with Crippen LogP contribution in [0.1, 0.15) is 17.5 Å². The SMILES string of the molecule is O=C(O)CCN(Cc1ccc([N+](=O)[O-])cc1)Cc1cccc(Oc2ccccc2)c1. The van der Waals surface area contributed by atoms with Crippen molar-refractivity contribution < 1.29 is 19.6 Å². The molecule has 0 aromatic heterocycles. The number of carboxylic acid groups (broad SMARTS) is 1. The van der Waals surface area contributed by atoms with Gasteiger partial charge in [-0.1, -0.05) is 42.5 Å². The van der Waals surface area contributed by atoms with Gasteiger partial charge in [0.2, 0.25) is 0 Å². The number of hydrogen-bond donors (Lipinski definition) is 1. The van der Waals surface area contributed by atoms with E-state index in [-0.39, 0.29) is 12.1 Å². The molecule has 0 aliphatic carbocycles. The second kappa shape index (κ2) is 10.2. The highest BCUT2D eigenvalue weighted by Crippen LogP contribution is 2.23. The summed E-state index contributed by atoms with van der Waals surface area (Å²) < 4.78 is 5.88. The molecular weight excluding hydrogens is 384 g/mol. The van der Waals surface area contributed by atoms with Crippen molar-refractivity contribution in [3.63, 3.8) is 0 Å². The molecule has 0 spiro atoms. The molecular formula is C23H22N2O5. The van der Waals surface area contributed by atoms with E-state index in [1.807, 2.05) is 59.5 Å². The van der Waals surface area contributed by atoms with Gasteiger partial charge in [-0.3, -0.25) is 19.8 Å². The molecule has 0 amide bonds. The minimum atomic E-state index is -0.870. The Morgan fingerprint density at radius 3 is 2.23 bits per heavy atom. The molecule has 3 aromatic carbocycles. The Labute approximate surface area is 174 Å². The van der Waals surface area contributed by atoms with Crippen LogP contribution in [0.3, 0.4) is 0 Å². The van der Waals surface area contributed by atoms with E-state index >= 15 is 0 Å². The summed E-state index contributed by atoms with van der Waals surface area (Å²) in [6, 6.07) is 23.4. The third kappa shape index (κ3) is 6.42. The van der Waals surface area contributed by atoms with Crippen molar-refractivity contribution in [2.45, 2.75) is 19.5 Å². The summed E-state index contributed by atoms with van der Waals surface area (Å²) in [4.78, 5) is 23.5. The summed E-state index contributed by atoms with van der Waals surface area (Å²) in [6.45, 7) is 1.36. The van der Waals surface area contributed by atoms with Crippen LogP contribution in [0.5, 0.6) is 11.5 Å². The van der Waals surface area contributed by atoms with Crippen LogP contribution in [-0.4, -0.2) is 27.4 Å². The molecule has 0 heterocycles. The van der Waals surface area contributed by atoms with Crippen LogP contribution in [0.25, 0.3) is 0 Å². The Kier molecular flexibility index (Phi) is 7.13. The number of nitro groups is 1. The zero-order valence-corrected chi connectivity index (χ0v) is 16.3. The second-order valence-electron chi connectivity index (χ2n) is 6.84. The summed E-state index contributed by atoms with van der Waals surface area (Å²) in [5.41, 5.74) is 1.89. The number of nitro benzene ring substituents is 1. The standard InChI is InChI=1S/C23H22N2O5/c26-23(27)13-14-24(16-18-9-11-20(12-10-18)25(28)29)17-19-5-4-8-22(15-19)30-21-6-2-1-3-7-21/h1-12,15H,13-14,16-17H2,(H,26,27). The number of hydrogen-bond acceptors (Lipinski definition) is 5. The van der Waals surface area contributed by atoms with Crippen molar-refractivity contribution in [1.29, 1.82) is 0 Å². The maximum absolute atomic E-state index is 11.1. The van der Waals surface area contributed by atoms with Gasteiger partial charge in [0.05, 0.1) is 11.3 Å². The predicted molar refractivity (Wildman–Crippen MR) is 112 cm³/mol. The van der Waals surface area contributed by atoms with E-state index in [0.717, 1.165) is 16.9 Å². The molecule has 0 fully saturated rings. The van der Waals surface area contributed by atoms with Gasteiger partial charge in [0, 0.05) is 31.8 Å². The number of non-ortho nitro benzene ring substituents is 1. The quantitative estimate of drug-likeness (QED) is 0.382. The average molecular weight is 406 g/mol. The predicted octanol–water partition coefficient (Wildman–Crippen LogP) is 4.86. The average Bonchev–Trinajstić information content (AvgIpc) is 2.73. The van der Waals surface area contributed by atoms with Crippen LogP contribution in [0, 0.1) is 10.1 Å². The third-order valence-corrected chi connectivity index (χ3v) is 4.48. The van der Waals surface area contributed by atoms with E-state index in [0.29, 0.717) is 25.4 Å². The van der Waals surface area contributed by atoms with Crippen molar-refractivity contribution in [3.8, 4) is 11.5 Å². The first-order valence-electron chi connectivity index (χ1n) is 9.49. The number of nitrogens with zero attached hydrogens (tertiary/aromatic N) is 2. The van der Waals surface area contributed by atoms with Crippen molar-refractivity contribution in [3.05, 3.63) is 100 Å². The second-order valence-corrected chi connectivity index (χ2v) is 6.84. The lowest BCUT2D eigenvalue weighted by Crippen LogP contribution is -2.25. The number of carbonyl (C=O) groups is 1. The lowest BCUT2D eigenvalue weighted by atomic mass is 10.1. The number of aliphatic carboxylic acids is 1. The molecule has 7 nitrogen and oxygen atoms in total. The van der Waals surface area contributed by atoms with Crippen LogP contribution in [-0.2, 0) is 17.9 Å². The van der Waals surface area contributed by atoms with E-state index < -0.39 is 10.9 Å². The van der Waals surface area contributed by atoms with Crippen LogP contribution in [0.4, 0.5) is 5.69 Å². The normalized spacial score (nSPS) is 10.7. The largest absolute Gasteiger partial charge is 0.481 e. The minimum absolute atomic E-state index is 0.00713. The molecule has 7 heteroatoms. The van der Waals surface area contributed by atoms with Gasteiger partial charge in [0.15, 0.2) is 0 Å². The van der Waals surface area contributed by atoms with Crippen LogP contribution < -0.4 is 4.74 Å².